The molecule has 11 heavy (non-hydrogen) atoms. The van der Waals surface area contributed by atoms with Gasteiger partial charge in [0.25, 0.3) is 0 Å². The summed E-state index contributed by atoms with van der Waals surface area (Å²) in [6.07, 6.45) is 0. The Kier molecular flexibility index (Phi) is 2.69. The standard InChI is InChI=1S/C9H18N2/c1-8(2,3)11(6)9(4,5)7-10/h1-6H3. The lowest BCUT2D eigenvalue weighted by Gasteiger charge is -2.40. The molecule has 0 fully saturated rings. The Morgan fingerprint density at radius 3 is 1.55 bits per heavy atom. The zero-order chi connectivity index (χ0) is 9.28. The van der Waals surface area contributed by atoms with Crippen molar-refractivity contribution in [3.05, 3.63) is 0 Å². The molecule has 2 nitrogen and oxygen atoms in total. The molecule has 0 amide bonds. The van der Waals surface area contributed by atoms with E-state index in [9.17, 15) is 0 Å². The maximum Gasteiger partial charge on any atom is 0.103 e. The summed E-state index contributed by atoms with van der Waals surface area (Å²) in [7, 11) is 1.98. The van der Waals surface area contributed by atoms with Crippen LogP contribution in [0.4, 0.5) is 0 Å². The Bertz CT molecular complexity index is 169. The van der Waals surface area contributed by atoms with Gasteiger partial charge in [-0.05, 0) is 41.7 Å². The second kappa shape index (κ2) is 2.83. The van der Waals surface area contributed by atoms with E-state index in [4.69, 9.17) is 5.26 Å². The average molecular weight is 154 g/mol. The molecule has 0 aromatic carbocycles. The van der Waals surface area contributed by atoms with Gasteiger partial charge in [-0.25, -0.2) is 0 Å². The van der Waals surface area contributed by atoms with E-state index in [0.29, 0.717) is 0 Å². The molecule has 0 heterocycles. The molecule has 0 aliphatic heterocycles. The highest BCUT2D eigenvalue weighted by molar-refractivity contribution is 5.03. The van der Waals surface area contributed by atoms with Gasteiger partial charge in [0, 0.05) is 5.54 Å². The van der Waals surface area contributed by atoms with Crippen LogP contribution < -0.4 is 0 Å². The van der Waals surface area contributed by atoms with E-state index in [1.165, 1.54) is 0 Å². The van der Waals surface area contributed by atoms with Gasteiger partial charge in [-0.15, -0.1) is 0 Å². The summed E-state index contributed by atoms with van der Waals surface area (Å²) < 4.78 is 0. The zero-order valence-electron chi connectivity index (χ0n) is 8.39. The molecule has 0 spiro atoms. The van der Waals surface area contributed by atoms with Crippen molar-refractivity contribution in [2.45, 2.75) is 45.7 Å². The lowest BCUT2D eigenvalue weighted by molar-refractivity contribution is 0.0939. The van der Waals surface area contributed by atoms with Gasteiger partial charge in [-0.2, -0.15) is 5.26 Å². The molecule has 0 unspecified atom stereocenters. The fourth-order valence-corrected chi connectivity index (χ4v) is 0.914. The molecule has 0 aliphatic rings. The first-order valence-electron chi connectivity index (χ1n) is 3.87. The van der Waals surface area contributed by atoms with E-state index in [2.05, 4.69) is 31.7 Å². The largest absolute Gasteiger partial charge is 0.284 e. The minimum Gasteiger partial charge on any atom is -0.284 e. The van der Waals surface area contributed by atoms with Gasteiger partial charge in [0.15, 0.2) is 0 Å². The second-order valence-corrected chi connectivity index (χ2v) is 4.40. The number of nitrogens with zero attached hydrogens (tertiary/aromatic N) is 2. The molecule has 0 N–H and O–H groups in total. The van der Waals surface area contributed by atoms with Gasteiger partial charge in [0.2, 0.25) is 0 Å². The maximum atomic E-state index is 8.84. The average Bonchev–Trinajstić information content (AvgIpc) is 1.84. The Hall–Kier alpha value is -0.550. The Balaban J connectivity index is 4.52. The molecule has 0 saturated carbocycles. The summed E-state index contributed by atoms with van der Waals surface area (Å²) in [4.78, 5) is 2.07. The van der Waals surface area contributed by atoms with E-state index in [1.54, 1.807) is 0 Å². The lowest BCUT2D eigenvalue weighted by Crippen LogP contribution is -2.50. The topological polar surface area (TPSA) is 27.0 Å². The summed E-state index contributed by atoms with van der Waals surface area (Å²) in [5, 5.41) is 8.84. The molecule has 0 saturated heterocycles. The number of hydrogen-bond donors (Lipinski definition) is 0. The van der Waals surface area contributed by atoms with Crippen LogP contribution >= 0.6 is 0 Å². The molecule has 0 aromatic heterocycles. The molecule has 0 bridgehead atoms. The highest BCUT2D eigenvalue weighted by Crippen LogP contribution is 2.21. The lowest BCUT2D eigenvalue weighted by atomic mass is 9.97. The molecule has 0 atom stereocenters. The molecule has 64 valence electrons. The first-order valence-corrected chi connectivity index (χ1v) is 3.87. The van der Waals surface area contributed by atoms with Gasteiger partial charge < -0.3 is 0 Å². The van der Waals surface area contributed by atoms with Crippen molar-refractivity contribution in [1.29, 1.82) is 5.26 Å². The van der Waals surface area contributed by atoms with Crippen molar-refractivity contribution in [3.8, 4) is 6.07 Å². The molecule has 0 rings (SSSR count). The Morgan fingerprint density at radius 2 is 1.45 bits per heavy atom. The van der Waals surface area contributed by atoms with Gasteiger partial charge >= 0.3 is 0 Å². The van der Waals surface area contributed by atoms with Crippen LogP contribution in [-0.4, -0.2) is 23.0 Å². The van der Waals surface area contributed by atoms with Crippen LogP contribution in [0.15, 0.2) is 0 Å². The van der Waals surface area contributed by atoms with Crippen molar-refractivity contribution >= 4 is 0 Å². The van der Waals surface area contributed by atoms with Gasteiger partial charge in [-0.1, -0.05) is 0 Å². The molecular formula is C9H18N2. The highest BCUT2D eigenvalue weighted by Gasteiger charge is 2.31. The molecule has 0 aliphatic carbocycles. The number of nitriles is 1. The van der Waals surface area contributed by atoms with Crippen molar-refractivity contribution in [2.75, 3.05) is 7.05 Å². The van der Waals surface area contributed by atoms with Crippen molar-refractivity contribution in [1.82, 2.24) is 4.90 Å². The predicted molar refractivity (Wildman–Crippen MR) is 47.2 cm³/mol. The van der Waals surface area contributed by atoms with Crippen LogP contribution in [0.25, 0.3) is 0 Å². The molecule has 2 heteroatoms. The predicted octanol–water partition coefficient (Wildman–Crippen LogP) is 2.02. The zero-order valence-corrected chi connectivity index (χ0v) is 8.39. The van der Waals surface area contributed by atoms with Crippen LogP contribution in [0.3, 0.4) is 0 Å². The van der Waals surface area contributed by atoms with E-state index in [-0.39, 0.29) is 11.1 Å². The van der Waals surface area contributed by atoms with Crippen LogP contribution in [0.2, 0.25) is 0 Å². The maximum absolute atomic E-state index is 8.84. The fourth-order valence-electron chi connectivity index (χ4n) is 0.914. The van der Waals surface area contributed by atoms with Crippen LogP contribution in [0, 0.1) is 11.3 Å². The third-order valence-electron chi connectivity index (χ3n) is 2.12. The molecule has 0 aromatic rings. The third-order valence-corrected chi connectivity index (χ3v) is 2.12. The quantitative estimate of drug-likeness (QED) is 0.577. The minimum atomic E-state index is -0.377. The first-order chi connectivity index (χ1) is 4.72. The van der Waals surface area contributed by atoms with Gasteiger partial charge in [0.1, 0.15) is 5.54 Å². The van der Waals surface area contributed by atoms with E-state index in [0.717, 1.165) is 0 Å². The van der Waals surface area contributed by atoms with Crippen LogP contribution in [0.5, 0.6) is 0 Å². The van der Waals surface area contributed by atoms with Gasteiger partial charge in [0.05, 0.1) is 6.07 Å². The fraction of sp³-hybridized carbons (Fsp3) is 0.889. The molecular weight excluding hydrogens is 136 g/mol. The first kappa shape index (κ1) is 10.4. The van der Waals surface area contributed by atoms with Gasteiger partial charge in [-0.3, -0.25) is 4.90 Å². The Labute approximate surface area is 69.8 Å². The summed E-state index contributed by atoms with van der Waals surface area (Å²) >= 11 is 0. The van der Waals surface area contributed by atoms with Crippen molar-refractivity contribution in [2.24, 2.45) is 0 Å². The van der Waals surface area contributed by atoms with Crippen LogP contribution in [0.1, 0.15) is 34.6 Å². The second-order valence-electron chi connectivity index (χ2n) is 4.40. The van der Waals surface area contributed by atoms with Crippen molar-refractivity contribution in [3.63, 3.8) is 0 Å². The Morgan fingerprint density at radius 1 is 1.09 bits per heavy atom. The summed E-state index contributed by atoms with van der Waals surface area (Å²) in [5.74, 6) is 0. The minimum absolute atomic E-state index is 0.0548. The smallest absolute Gasteiger partial charge is 0.103 e. The van der Waals surface area contributed by atoms with E-state index in [1.807, 2.05) is 20.9 Å². The molecule has 0 radical (unpaired) electrons. The monoisotopic (exact) mass is 154 g/mol. The highest BCUT2D eigenvalue weighted by atomic mass is 15.2. The number of hydrogen-bond acceptors (Lipinski definition) is 2. The van der Waals surface area contributed by atoms with Crippen LogP contribution in [-0.2, 0) is 0 Å². The number of rotatable bonds is 1. The summed E-state index contributed by atoms with van der Waals surface area (Å²) in [5.41, 5.74) is -0.322. The third kappa shape index (κ3) is 2.51. The summed E-state index contributed by atoms with van der Waals surface area (Å²) in [6, 6.07) is 2.27. The normalized spacial score (nSPS) is 13.3. The SMILES string of the molecule is CN(C(C)(C)C)C(C)(C)C#N. The van der Waals surface area contributed by atoms with Crippen molar-refractivity contribution < 1.29 is 0 Å². The summed E-state index contributed by atoms with van der Waals surface area (Å²) in [6.45, 7) is 10.2. The van der Waals surface area contributed by atoms with E-state index >= 15 is 0 Å². The van der Waals surface area contributed by atoms with E-state index < -0.39 is 0 Å².